The number of amides is 3. The quantitative estimate of drug-likeness (QED) is 0.808. The highest BCUT2D eigenvalue weighted by Gasteiger charge is 2.24. The molecule has 2 N–H and O–H groups in total. The van der Waals surface area contributed by atoms with Crippen LogP contribution >= 0.6 is 15.9 Å². The fourth-order valence-corrected chi connectivity index (χ4v) is 1.54. The molecular formula is C11H11BrN2O5. The first-order chi connectivity index (χ1) is 9.04. The van der Waals surface area contributed by atoms with E-state index in [1.54, 1.807) is 0 Å². The number of halogens is 1. The molecule has 0 radical (unpaired) electrons. The van der Waals surface area contributed by atoms with E-state index < -0.39 is 24.5 Å². The molecule has 2 rings (SSSR count). The summed E-state index contributed by atoms with van der Waals surface area (Å²) in [4.78, 5) is 33.9. The molecule has 1 saturated carbocycles. The molecule has 0 spiro atoms. The smallest absolute Gasteiger partial charge is 0.374 e. The van der Waals surface area contributed by atoms with Crippen LogP contribution in [-0.4, -0.2) is 30.6 Å². The van der Waals surface area contributed by atoms with Gasteiger partial charge in [-0.1, -0.05) is 0 Å². The van der Waals surface area contributed by atoms with E-state index >= 15 is 0 Å². The summed E-state index contributed by atoms with van der Waals surface area (Å²) < 4.78 is 10.0. The third kappa shape index (κ3) is 4.40. The molecule has 7 nitrogen and oxygen atoms in total. The minimum atomic E-state index is -0.775. The molecule has 0 bridgehead atoms. The first kappa shape index (κ1) is 13.6. The lowest BCUT2D eigenvalue weighted by Crippen LogP contribution is -2.42. The molecule has 1 aromatic heterocycles. The van der Waals surface area contributed by atoms with E-state index in [9.17, 15) is 14.4 Å². The van der Waals surface area contributed by atoms with Gasteiger partial charge in [-0.2, -0.15) is 0 Å². The van der Waals surface area contributed by atoms with E-state index in [1.807, 2.05) is 0 Å². The number of esters is 1. The number of carbonyl (C=O) groups is 3. The van der Waals surface area contributed by atoms with E-state index in [0.717, 1.165) is 12.8 Å². The molecular weight excluding hydrogens is 320 g/mol. The van der Waals surface area contributed by atoms with Crippen LogP contribution in [0.3, 0.4) is 0 Å². The normalized spacial score (nSPS) is 13.7. The van der Waals surface area contributed by atoms with Crippen molar-refractivity contribution in [2.45, 2.75) is 18.9 Å². The molecule has 1 aromatic rings. The Kier molecular flexibility index (Phi) is 4.20. The van der Waals surface area contributed by atoms with Crippen molar-refractivity contribution in [3.05, 3.63) is 22.6 Å². The molecule has 1 aliphatic rings. The van der Waals surface area contributed by atoms with Crippen molar-refractivity contribution in [2.24, 2.45) is 0 Å². The summed E-state index contributed by atoms with van der Waals surface area (Å²) in [7, 11) is 0. The zero-order valence-corrected chi connectivity index (χ0v) is 11.4. The SMILES string of the molecule is O=C(COC(=O)c1ccc(Br)o1)NC(=O)NC1CC1. The average molecular weight is 331 g/mol. The second kappa shape index (κ2) is 5.87. The molecule has 0 atom stereocenters. The van der Waals surface area contributed by atoms with Crippen LogP contribution in [0.5, 0.6) is 0 Å². The molecule has 3 amide bonds. The van der Waals surface area contributed by atoms with E-state index in [2.05, 4.69) is 31.3 Å². The summed E-state index contributed by atoms with van der Waals surface area (Å²) in [6.07, 6.45) is 1.84. The minimum absolute atomic E-state index is 0.0258. The van der Waals surface area contributed by atoms with E-state index in [-0.39, 0.29) is 11.8 Å². The van der Waals surface area contributed by atoms with Gasteiger partial charge in [-0.05, 0) is 40.9 Å². The van der Waals surface area contributed by atoms with Crippen molar-refractivity contribution in [3.8, 4) is 0 Å². The van der Waals surface area contributed by atoms with Crippen molar-refractivity contribution in [3.63, 3.8) is 0 Å². The van der Waals surface area contributed by atoms with Gasteiger partial charge >= 0.3 is 12.0 Å². The maximum atomic E-state index is 11.4. The Morgan fingerprint density at radius 2 is 2.11 bits per heavy atom. The first-order valence-corrected chi connectivity index (χ1v) is 6.36. The largest absolute Gasteiger partial charge is 0.450 e. The van der Waals surface area contributed by atoms with Crippen molar-refractivity contribution in [1.29, 1.82) is 0 Å². The predicted molar refractivity (Wildman–Crippen MR) is 66.4 cm³/mol. The summed E-state index contributed by atoms with van der Waals surface area (Å²) in [5, 5.41) is 4.63. The average Bonchev–Trinajstić information content (AvgIpc) is 3.04. The van der Waals surface area contributed by atoms with Crippen LogP contribution in [0, 0.1) is 0 Å². The van der Waals surface area contributed by atoms with Gasteiger partial charge in [0.2, 0.25) is 5.76 Å². The lowest BCUT2D eigenvalue weighted by molar-refractivity contribution is -0.123. The molecule has 0 unspecified atom stereocenters. The summed E-state index contributed by atoms with van der Waals surface area (Å²) in [6.45, 7) is -0.546. The van der Waals surface area contributed by atoms with Crippen LogP contribution in [-0.2, 0) is 9.53 Å². The van der Waals surface area contributed by atoms with Gasteiger partial charge in [-0.25, -0.2) is 9.59 Å². The van der Waals surface area contributed by atoms with Gasteiger partial charge in [0.15, 0.2) is 11.3 Å². The number of hydrogen-bond donors (Lipinski definition) is 2. The first-order valence-electron chi connectivity index (χ1n) is 5.57. The maximum absolute atomic E-state index is 11.4. The Labute approximate surface area is 116 Å². The lowest BCUT2D eigenvalue weighted by Gasteiger charge is -2.05. The van der Waals surface area contributed by atoms with Gasteiger partial charge in [0.1, 0.15) is 0 Å². The number of hydrogen-bond acceptors (Lipinski definition) is 5. The Morgan fingerprint density at radius 3 is 2.68 bits per heavy atom. The number of urea groups is 1. The monoisotopic (exact) mass is 330 g/mol. The number of rotatable bonds is 4. The fourth-order valence-electron chi connectivity index (χ4n) is 1.24. The van der Waals surface area contributed by atoms with Crippen LogP contribution < -0.4 is 10.6 Å². The van der Waals surface area contributed by atoms with Gasteiger partial charge in [-0.15, -0.1) is 0 Å². The van der Waals surface area contributed by atoms with Gasteiger partial charge in [0, 0.05) is 6.04 Å². The van der Waals surface area contributed by atoms with Crippen molar-refractivity contribution in [1.82, 2.24) is 10.6 Å². The standard InChI is InChI=1S/C11H11BrN2O5/c12-8-4-3-7(19-8)10(16)18-5-9(15)14-11(17)13-6-1-2-6/h3-4,6H,1-2,5H2,(H2,13,14,15,17). The Balaban J connectivity index is 1.70. The lowest BCUT2D eigenvalue weighted by atomic mass is 10.4. The van der Waals surface area contributed by atoms with Gasteiger partial charge in [0.05, 0.1) is 0 Å². The highest BCUT2D eigenvalue weighted by molar-refractivity contribution is 9.10. The third-order valence-electron chi connectivity index (χ3n) is 2.27. The summed E-state index contributed by atoms with van der Waals surface area (Å²) in [6, 6.07) is 2.50. The second-order valence-electron chi connectivity index (χ2n) is 3.98. The Hall–Kier alpha value is -1.83. The maximum Gasteiger partial charge on any atom is 0.374 e. The molecule has 0 aromatic carbocycles. The second-order valence-corrected chi connectivity index (χ2v) is 4.76. The highest BCUT2D eigenvalue weighted by Crippen LogP contribution is 2.18. The van der Waals surface area contributed by atoms with Crippen LogP contribution in [0.25, 0.3) is 0 Å². The van der Waals surface area contributed by atoms with Crippen molar-refractivity contribution < 1.29 is 23.5 Å². The molecule has 1 heterocycles. The number of carbonyl (C=O) groups excluding carboxylic acids is 3. The minimum Gasteiger partial charge on any atom is -0.450 e. The number of ether oxygens (including phenoxy) is 1. The predicted octanol–water partition coefficient (Wildman–Crippen LogP) is 1.19. The van der Waals surface area contributed by atoms with Crippen LogP contribution in [0.4, 0.5) is 4.79 Å². The molecule has 8 heteroatoms. The van der Waals surface area contributed by atoms with Crippen molar-refractivity contribution in [2.75, 3.05) is 6.61 Å². The van der Waals surface area contributed by atoms with E-state index in [4.69, 9.17) is 4.42 Å². The number of imide groups is 1. The molecule has 102 valence electrons. The summed E-state index contributed by atoms with van der Waals surface area (Å²) >= 11 is 3.04. The van der Waals surface area contributed by atoms with Crippen molar-refractivity contribution >= 4 is 33.8 Å². The van der Waals surface area contributed by atoms with Crippen LogP contribution in [0.2, 0.25) is 0 Å². The van der Waals surface area contributed by atoms with Crippen LogP contribution in [0.1, 0.15) is 23.4 Å². The molecule has 0 aliphatic heterocycles. The van der Waals surface area contributed by atoms with E-state index in [1.165, 1.54) is 12.1 Å². The number of furan rings is 1. The third-order valence-corrected chi connectivity index (χ3v) is 2.70. The molecule has 19 heavy (non-hydrogen) atoms. The Bertz CT molecular complexity index is 509. The molecule has 1 fully saturated rings. The fraction of sp³-hybridized carbons (Fsp3) is 0.364. The molecule has 1 aliphatic carbocycles. The molecule has 0 saturated heterocycles. The van der Waals surface area contributed by atoms with Gasteiger partial charge in [0.25, 0.3) is 5.91 Å². The highest BCUT2D eigenvalue weighted by atomic mass is 79.9. The number of nitrogens with one attached hydrogen (secondary N) is 2. The topological polar surface area (TPSA) is 97.6 Å². The van der Waals surface area contributed by atoms with Gasteiger partial charge in [-0.3, -0.25) is 10.1 Å². The van der Waals surface area contributed by atoms with E-state index in [0.29, 0.717) is 4.67 Å². The zero-order chi connectivity index (χ0) is 13.8. The zero-order valence-electron chi connectivity index (χ0n) is 9.77. The summed E-state index contributed by atoms with van der Waals surface area (Å²) in [5.74, 6) is -1.50. The van der Waals surface area contributed by atoms with Gasteiger partial charge < -0.3 is 14.5 Å². The Morgan fingerprint density at radius 1 is 1.37 bits per heavy atom. The summed E-state index contributed by atoms with van der Waals surface area (Å²) in [5.41, 5.74) is 0. The van der Waals surface area contributed by atoms with Crippen LogP contribution in [0.15, 0.2) is 21.2 Å².